The molecule has 0 bridgehead atoms. The van der Waals surface area contributed by atoms with E-state index in [9.17, 15) is 27.5 Å². The summed E-state index contributed by atoms with van der Waals surface area (Å²) in [7, 11) is 0. The van der Waals surface area contributed by atoms with Crippen molar-refractivity contribution in [3.8, 4) is 0 Å². The first-order valence-electron chi connectivity index (χ1n) is 9.55. The summed E-state index contributed by atoms with van der Waals surface area (Å²) in [5, 5.41) is 10.8. The Hall–Kier alpha value is -2.25. The predicted octanol–water partition coefficient (Wildman–Crippen LogP) is 4.95. The first-order chi connectivity index (χ1) is 13.7. The summed E-state index contributed by atoms with van der Waals surface area (Å²) in [6.45, 7) is 0.404. The molecule has 1 fully saturated rings. The smallest absolute Gasteiger partial charge is 0.385 e. The number of Topliss-reactive ketones (excluding diaryl/α,β-unsaturated/α-hetero) is 1. The van der Waals surface area contributed by atoms with E-state index in [1.54, 1.807) is 30.3 Å². The van der Waals surface area contributed by atoms with Crippen LogP contribution in [0.4, 0.5) is 17.6 Å². The number of ketones is 1. The highest BCUT2D eigenvalue weighted by atomic mass is 19.4. The van der Waals surface area contributed by atoms with Gasteiger partial charge in [-0.15, -0.1) is 0 Å². The summed E-state index contributed by atoms with van der Waals surface area (Å²) in [6, 6.07) is 13.3. The number of hydrogen-bond acceptors (Lipinski definition) is 3. The van der Waals surface area contributed by atoms with Gasteiger partial charge in [0, 0.05) is 25.1 Å². The van der Waals surface area contributed by atoms with E-state index in [-0.39, 0.29) is 50.1 Å². The largest absolute Gasteiger partial charge is 0.416 e. The average molecular weight is 409 g/mol. The van der Waals surface area contributed by atoms with Crippen molar-refractivity contribution < 1.29 is 27.5 Å². The maximum Gasteiger partial charge on any atom is 0.416 e. The Morgan fingerprint density at radius 1 is 1.07 bits per heavy atom. The van der Waals surface area contributed by atoms with Gasteiger partial charge in [-0.05, 0) is 37.0 Å². The normalized spacial score (nSPS) is 18.4. The second kappa shape index (κ2) is 8.63. The standard InChI is InChI=1S/C22H23F4NO2/c23-20(10-9-19(28)16-5-2-1-3-6-16)27-13-11-21(29,12-14-27)17-7-4-8-18(15-17)22(24,25)26/h1-8,15,20,29H,9-14H2/t20-/m1/s1. The number of benzene rings is 2. The minimum atomic E-state index is -4.48. The van der Waals surface area contributed by atoms with E-state index >= 15 is 0 Å². The van der Waals surface area contributed by atoms with Crippen molar-refractivity contribution in [3.63, 3.8) is 0 Å². The predicted molar refractivity (Wildman–Crippen MR) is 101 cm³/mol. The van der Waals surface area contributed by atoms with Crippen LogP contribution < -0.4 is 0 Å². The third-order valence-corrected chi connectivity index (χ3v) is 5.45. The van der Waals surface area contributed by atoms with Gasteiger partial charge in [-0.3, -0.25) is 9.69 Å². The van der Waals surface area contributed by atoms with Crippen LogP contribution in [0.5, 0.6) is 0 Å². The molecule has 2 aromatic rings. The zero-order chi connectivity index (χ0) is 21.1. The Labute approximate surface area is 167 Å². The quantitative estimate of drug-likeness (QED) is 0.417. The van der Waals surface area contributed by atoms with Crippen LogP contribution in [0.3, 0.4) is 0 Å². The molecule has 0 unspecified atom stereocenters. The maximum atomic E-state index is 14.6. The SMILES string of the molecule is O=C(CC[C@H](F)N1CCC(O)(c2cccc(C(F)(F)F)c2)CC1)c1ccccc1. The van der Waals surface area contributed by atoms with Crippen LogP contribution in [-0.2, 0) is 11.8 Å². The molecule has 0 saturated carbocycles. The lowest BCUT2D eigenvalue weighted by molar-refractivity contribution is -0.137. The van der Waals surface area contributed by atoms with Crippen molar-refractivity contribution >= 4 is 5.78 Å². The van der Waals surface area contributed by atoms with Gasteiger partial charge in [-0.1, -0.05) is 42.5 Å². The molecule has 1 atom stereocenters. The van der Waals surface area contributed by atoms with Gasteiger partial charge < -0.3 is 5.11 Å². The van der Waals surface area contributed by atoms with Crippen molar-refractivity contribution in [2.45, 2.75) is 43.8 Å². The molecule has 0 spiro atoms. The molecule has 1 saturated heterocycles. The molecule has 0 radical (unpaired) electrons. The lowest BCUT2D eigenvalue weighted by Gasteiger charge is -2.40. The second-order valence-corrected chi connectivity index (χ2v) is 7.41. The molecule has 1 heterocycles. The van der Waals surface area contributed by atoms with Crippen LogP contribution in [0, 0.1) is 0 Å². The molecule has 156 valence electrons. The van der Waals surface area contributed by atoms with Gasteiger partial charge in [0.1, 0.15) is 0 Å². The molecule has 2 aromatic carbocycles. The van der Waals surface area contributed by atoms with E-state index in [0.29, 0.717) is 5.56 Å². The number of halogens is 4. The third kappa shape index (κ3) is 5.22. The summed E-state index contributed by atoms with van der Waals surface area (Å²) >= 11 is 0. The molecule has 0 aromatic heterocycles. The van der Waals surface area contributed by atoms with Crippen LogP contribution in [0.1, 0.15) is 47.2 Å². The van der Waals surface area contributed by atoms with Crippen molar-refractivity contribution in [1.29, 1.82) is 0 Å². The second-order valence-electron chi connectivity index (χ2n) is 7.41. The Kier molecular flexibility index (Phi) is 6.39. The highest BCUT2D eigenvalue weighted by molar-refractivity contribution is 5.95. The fraction of sp³-hybridized carbons (Fsp3) is 0.409. The van der Waals surface area contributed by atoms with E-state index in [1.165, 1.54) is 17.0 Å². The molecule has 3 nitrogen and oxygen atoms in total. The number of carbonyl (C=O) groups excluding carboxylic acids is 1. The molecule has 1 N–H and O–H groups in total. The van der Waals surface area contributed by atoms with Crippen molar-refractivity contribution in [2.75, 3.05) is 13.1 Å². The number of carbonyl (C=O) groups is 1. The lowest BCUT2D eigenvalue weighted by Crippen LogP contribution is -2.45. The van der Waals surface area contributed by atoms with E-state index in [1.807, 2.05) is 0 Å². The summed E-state index contributed by atoms with van der Waals surface area (Å²) in [4.78, 5) is 13.6. The van der Waals surface area contributed by atoms with Crippen LogP contribution in [0.15, 0.2) is 54.6 Å². The number of rotatable bonds is 6. The Bertz CT molecular complexity index is 830. The summed E-state index contributed by atoms with van der Waals surface area (Å²) < 4.78 is 53.4. The fourth-order valence-corrected chi connectivity index (χ4v) is 3.65. The topological polar surface area (TPSA) is 40.5 Å². The number of likely N-dealkylation sites (tertiary alicyclic amines) is 1. The van der Waals surface area contributed by atoms with Gasteiger partial charge in [0.2, 0.25) is 0 Å². The van der Waals surface area contributed by atoms with Gasteiger partial charge in [0.25, 0.3) is 0 Å². The molecule has 3 rings (SSSR count). The first-order valence-corrected chi connectivity index (χ1v) is 9.55. The van der Waals surface area contributed by atoms with Crippen molar-refractivity contribution in [3.05, 3.63) is 71.3 Å². The van der Waals surface area contributed by atoms with Crippen LogP contribution >= 0.6 is 0 Å². The fourth-order valence-electron chi connectivity index (χ4n) is 3.65. The molecule has 0 amide bonds. The molecule has 1 aliphatic heterocycles. The molecule has 1 aliphatic rings. The van der Waals surface area contributed by atoms with Gasteiger partial charge >= 0.3 is 6.18 Å². The molecule has 29 heavy (non-hydrogen) atoms. The molecular formula is C22H23F4NO2. The number of alkyl halides is 4. The van der Waals surface area contributed by atoms with E-state index < -0.39 is 23.6 Å². The minimum Gasteiger partial charge on any atom is -0.385 e. The zero-order valence-corrected chi connectivity index (χ0v) is 15.8. The maximum absolute atomic E-state index is 14.6. The van der Waals surface area contributed by atoms with E-state index in [4.69, 9.17) is 0 Å². The first kappa shape index (κ1) is 21.5. The Morgan fingerprint density at radius 3 is 2.34 bits per heavy atom. The van der Waals surface area contributed by atoms with Crippen molar-refractivity contribution in [2.24, 2.45) is 0 Å². The zero-order valence-electron chi connectivity index (χ0n) is 15.8. The molecule has 0 aliphatic carbocycles. The Balaban J connectivity index is 1.56. The van der Waals surface area contributed by atoms with Crippen molar-refractivity contribution in [1.82, 2.24) is 4.90 Å². The van der Waals surface area contributed by atoms with Gasteiger partial charge in [-0.25, -0.2) is 4.39 Å². The van der Waals surface area contributed by atoms with Crippen LogP contribution in [-0.4, -0.2) is 35.2 Å². The van der Waals surface area contributed by atoms with E-state index in [2.05, 4.69) is 0 Å². The number of nitrogens with zero attached hydrogens (tertiary/aromatic N) is 1. The van der Waals surface area contributed by atoms with Crippen LogP contribution in [0.2, 0.25) is 0 Å². The monoisotopic (exact) mass is 409 g/mol. The summed E-state index contributed by atoms with van der Waals surface area (Å²) in [5.74, 6) is -0.134. The lowest BCUT2D eigenvalue weighted by atomic mass is 9.83. The van der Waals surface area contributed by atoms with Gasteiger partial charge in [0.15, 0.2) is 12.1 Å². The third-order valence-electron chi connectivity index (χ3n) is 5.45. The van der Waals surface area contributed by atoms with E-state index in [0.717, 1.165) is 12.1 Å². The summed E-state index contributed by atoms with van der Waals surface area (Å²) in [5.41, 5.74) is -1.50. The number of aliphatic hydroxyl groups is 1. The molecule has 7 heteroatoms. The van der Waals surface area contributed by atoms with Gasteiger partial charge in [-0.2, -0.15) is 13.2 Å². The summed E-state index contributed by atoms with van der Waals surface area (Å²) in [6.07, 6.45) is -5.46. The molecular weight excluding hydrogens is 386 g/mol. The highest BCUT2D eigenvalue weighted by Gasteiger charge is 2.38. The average Bonchev–Trinajstić information content (AvgIpc) is 2.72. The Morgan fingerprint density at radius 2 is 1.72 bits per heavy atom. The van der Waals surface area contributed by atoms with Crippen LogP contribution in [0.25, 0.3) is 0 Å². The number of piperidine rings is 1. The number of hydrogen-bond donors (Lipinski definition) is 1. The van der Waals surface area contributed by atoms with Gasteiger partial charge in [0.05, 0.1) is 11.2 Å². The minimum absolute atomic E-state index is 0.0374. The highest BCUT2D eigenvalue weighted by Crippen LogP contribution is 2.37.